The molecule has 0 aliphatic heterocycles. The van der Waals surface area contributed by atoms with Gasteiger partial charge in [0.2, 0.25) is 0 Å². The van der Waals surface area contributed by atoms with Crippen LogP contribution in [0.5, 0.6) is 0 Å². The summed E-state index contributed by atoms with van der Waals surface area (Å²) in [7, 11) is 9.97. The Labute approximate surface area is 99.7 Å². The van der Waals surface area contributed by atoms with Gasteiger partial charge in [0.1, 0.15) is 0 Å². The maximum absolute atomic E-state index is 5.84. The fraction of sp³-hybridized carbons (Fsp3) is 0.500. The third-order valence-electron chi connectivity index (χ3n) is 2.86. The molecule has 0 spiro atoms. The quantitative estimate of drug-likeness (QED) is 0.782. The number of hydrogen-bond acceptors (Lipinski definition) is 2. The van der Waals surface area contributed by atoms with Gasteiger partial charge >= 0.3 is 99.8 Å². The van der Waals surface area contributed by atoms with Crippen molar-refractivity contribution in [2.45, 2.75) is 24.3 Å². The molecule has 1 aromatic carbocycles. The zero-order chi connectivity index (χ0) is 11.5. The van der Waals surface area contributed by atoms with Crippen LogP contribution < -0.4 is 9.25 Å². The minimum atomic E-state index is -1.92. The molecule has 0 N–H and O–H groups in total. The van der Waals surface area contributed by atoms with E-state index in [-0.39, 0.29) is 0 Å². The normalized spacial score (nSPS) is 11.5. The van der Waals surface area contributed by atoms with Crippen LogP contribution in [-0.4, -0.2) is 26.0 Å². The second kappa shape index (κ2) is 5.22. The molecule has 1 nitrogen and oxygen atoms in total. The van der Waals surface area contributed by atoms with Crippen molar-refractivity contribution >= 4 is 32.3 Å². The number of rotatable bonds is 4. The van der Waals surface area contributed by atoms with Crippen molar-refractivity contribution in [3.8, 4) is 0 Å². The van der Waals surface area contributed by atoms with Crippen LogP contribution in [-0.2, 0) is 0 Å². The van der Waals surface area contributed by atoms with E-state index < -0.39 is 11.9 Å². The molecule has 0 fully saturated rings. The molecule has 84 valence electrons. The predicted octanol–water partition coefficient (Wildman–Crippen LogP) is 3.14. The van der Waals surface area contributed by atoms with Crippen molar-refractivity contribution in [2.75, 3.05) is 19.0 Å². The van der Waals surface area contributed by atoms with Crippen molar-refractivity contribution in [3.05, 3.63) is 24.3 Å². The summed E-state index contributed by atoms with van der Waals surface area (Å²) in [6.07, 6.45) is 0. The molecule has 0 aliphatic carbocycles. The average molecular weight is 285 g/mol. The molecule has 0 aliphatic rings. The van der Waals surface area contributed by atoms with Crippen molar-refractivity contribution in [1.29, 1.82) is 0 Å². The molecule has 0 bridgehead atoms. The second-order valence-corrected chi connectivity index (χ2v) is 15.0. The Hall–Kier alpha value is -0.202. The van der Waals surface area contributed by atoms with Crippen LogP contribution in [0.15, 0.2) is 24.3 Å². The molecule has 0 aromatic heterocycles. The van der Waals surface area contributed by atoms with E-state index in [2.05, 4.69) is 57.1 Å². The number of anilines is 1. The van der Waals surface area contributed by atoms with Crippen LogP contribution >= 0.6 is 10.4 Å². The number of benzene rings is 1. The molecule has 0 heterocycles. The second-order valence-electron chi connectivity index (χ2n) is 3.93. The van der Waals surface area contributed by atoms with E-state index in [9.17, 15) is 0 Å². The van der Waals surface area contributed by atoms with Gasteiger partial charge in [-0.15, -0.1) is 0 Å². The van der Waals surface area contributed by atoms with Crippen LogP contribution in [0.1, 0.15) is 13.8 Å². The third-order valence-corrected chi connectivity index (χ3v) is 13.5. The van der Waals surface area contributed by atoms with E-state index in [1.54, 1.807) is 0 Å². The van der Waals surface area contributed by atoms with Crippen molar-refractivity contribution in [2.24, 2.45) is 0 Å². The summed E-state index contributed by atoms with van der Waals surface area (Å²) in [6.45, 7) is 4.48. The zero-order valence-electron chi connectivity index (χ0n) is 10.0. The molecule has 0 radical (unpaired) electrons. The van der Waals surface area contributed by atoms with E-state index in [1.807, 2.05) is 0 Å². The molecule has 0 amide bonds. The molecular weight excluding hydrogens is 265 g/mol. The van der Waals surface area contributed by atoms with Crippen LogP contribution in [0.4, 0.5) is 5.69 Å². The monoisotopic (exact) mass is 285 g/mol. The maximum atomic E-state index is 5.84. The fourth-order valence-electron chi connectivity index (χ4n) is 1.61. The molecule has 0 unspecified atom stereocenters. The van der Waals surface area contributed by atoms with Gasteiger partial charge in [0, 0.05) is 0 Å². The molecule has 0 saturated heterocycles. The summed E-state index contributed by atoms with van der Waals surface area (Å²) in [5, 5.41) is 2.37. The third kappa shape index (κ3) is 2.89. The predicted molar refractivity (Wildman–Crippen MR) is 74.7 cm³/mol. The summed E-state index contributed by atoms with van der Waals surface area (Å²) < 4.78 is 1.44. The molecule has 1 rings (SSSR count). The number of hydrogen-bond donors (Lipinski definition) is 0. The summed E-state index contributed by atoms with van der Waals surface area (Å²) in [6, 6.07) is 8.84. The summed E-state index contributed by atoms with van der Waals surface area (Å²) >= 11 is -1.92. The molecule has 1 aromatic rings. The van der Waals surface area contributed by atoms with E-state index in [0.717, 1.165) is 0 Å². The van der Waals surface area contributed by atoms with Crippen molar-refractivity contribution in [3.63, 3.8) is 0 Å². The van der Waals surface area contributed by atoms with Crippen LogP contribution in [0.3, 0.4) is 0 Å². The van der Waals surface area contributed by atoms with Crippen molar-refractivity contribution in [1.82, 2.24) is 0 Å². The Morgan fingerprint density at radius 2 is 1.53 bits per heavy atom. The summed E-state index contributed by atoms with van der Waals surface area (Å²) in [4.78, 5) is 2.12. The van der Waals surface area contributed by atoms with Gasteiger partial charge < -0.3 is 0 Å². The minimum absolute atomic E-state index is 1.19. The van der Waals surface area contributed by atoms with Crippen molar-refractivity contribution < 1.29 is 0 Å². The first-order chi connectivity index (χ1) is 7.03. The van der Waals surface area contributed by atoms with E-state index in [4.69, 9.17) is 10.4 Å². The van der Waals surface area contributed by atoms with Gasteiger partial charge in [-0.25, -0.2) is 0 Å². The van der Waals surface area contributed by atoms with Gasteiger partial charge in [-0.3, -0.25) is 0 Å². The first kappa shape index (κ1) is 12.9. The van der Waals surface area contributed by atoms with E-state index in [0.29, 0.717) is 0 Å². The first-order valence-electron chi connectivity index (χ1n) is 5.39. The molecule has 3 heteroatoms. The molecule has 0 atom stereocenters. The topological polar surface area (TPSA) is 3.24 Å². The average Bonchev–Trinajstić information content (AvgIpc) is 2.28. The van der Waals surface area contributed by atoms with Gasteiger partial charge in [-0.1, -0.05) is 0 Å². The van der Waals surface area contributed by atoms with Crippen LogP contribution in [0.25, 0.3) is 0 Å². The van der Waals surface area contributed by atoms with Gasteiger partial charge in [0.25, 0.3) is 0 Å². The van der Waals surface area contributed by atoms with E-state index in [1.165, 1.54) is 20.5 Å². The Morgan fingerprint density at radius 1 is 1.07 bits per heavy atom. The Morgan fingerprint density at radius 3 is 1.87 bits per heavy atom. The summed E-state index contributed by atoms with van der Waals surface area (Å²) in [5.74, 6) is 0. The SMILES string of the molecule is CC[As](=S)(CC)c1ccc(N(C)C)cc1. The van der Waals surface area contributed by atoms with Gasteiger partial charge in [-0.2, -0.15) is 0 Å². The first-order valence-corrected chi connectivity index (χ1v) is 11.6. The Kier molecular flexibility index (Phi) is 4.48. The van der Waals surface area contributed by atoms with Gasteiger partial charge in [0.05, 0.1) is 0 Å². The van der Waals surface area contributed by atoms with Gasteiger partial charge in [0.15, 0.2) is 0 Å². The molecular formula is C12H20AsNS. The Bertz CT molecular complexity index is 348. The van der Waals surface area contributed by atoms with Crippen LogP contribution in [0, 0.1) is 0 Å². The standard InChI is InChI=1S/C12H20AsNS/c1-5-13(15,6-2)11-7-9-12(10-8-11)14(3)4/h7-10H,5-6H2,1-4H3. The van der Waals surface area contributed by atoms with Crippen LogP contribution in [0.2, 0.25) is 10.4 Å². The Balaban J connectivity index is 3.03. The van der Waals surface area contributed by atoms with Gasteiger partial charge in [-0.05, 0) is 0 Å². The molecule has 15 heavy (non-hydrogen) atoms. The number of nitrogens with zero attached hydrogens (tertiary/aromatic N) is 1. The molecule has 0 saturated carbocycles. The zero-order valence-corrected chi connectivity index (χ0v) is 12.7. The summed E-state index contributed by atoms with van der Waals surface area (Å²) in [5.41, 5.74) is 1.25. The fourth-order valence-corrected chi connectivity index (χ4v) is 6.17. The van der Waals surface area contributed by atoms with E-state index >= 15 is 0 Å².